The zero-order valence-corrected chi connectivity index (χ0v) is 26.7. The number of amides is 2. The first kappa shape index (κ1) is 31.5. The largest absolute Gasteiger partial charge is 0.507 e. The van der Waals surface area contributed by atoms with Gasteiger partial charge in [-0.15, -0.1) is 0 Å². The topological polar surface area (TPSA) is 96.3 Å². The maximum Gasteiger partial charge on any atom is 0.455 e. The Morgan fingerprint density at radius 2 is 1.60 bits per heavy atom. The van der Waals surface area contributed by atoms with Crippen LogP contribution in [0.15, 0.2) is 96.1 Å². The Balaban J connectivity index is 1.23. The van der Waals surface area contributed by atoms with Gasteiger partial charge >= 0.3 is 7.12 Å². The molecule has 3 aromatic rings. The van der Waals surface area contributed by atoms with Crippen LogP contribution in [-0.4, -0.2) is 52.7 Å². The van der Waals surface area contributed by atoms with Crippen LogP contribution in [0.5, 0.6) is 11.5 Å². The average Bonchev–Trinajstić information content (AvgIpc) is 3.36. The molecule has 0 radical (unpaired) electrons. The normalized spacial score (nSPS) is 25.2. The second-order valence-electron chi connectivity index (χ2n) is 13.4. The fraction of sp³-hybridized carbons (Fsp3) is 0.385. The molecule has 2 amide bonds. The van der Waals surface area contributed by atoms with E-state index in [-0.39, 0.29) is 35.8 Å². The molecule has 4 aliphatic rings. The molecule has 0 aromatic heterocycles. The molecule has 4 atom stereocenters. The fourth-order valence-corrected chi connectivity index (χ4v) is 8.34. The number of fused-ring (bicyclic) bond motifs is 3. The summed E-state index contributed by atoms with van der Waals surface area (Å²) in [6.07, 6.45) is 8.38. The van der Waals surface area contributed by atoms with E-state index in [9.17, 15) is 19.7 Å². The lowest BCUT2D eigenvalue weighted by Gasteiger charge is -2.43. The highest BCUT2D eigenvalue weighted by Crippen LogP contribution is 2.51. The van der Waals surface area contributed by atoms with Crippen molar-refractivity contribution in [1.82, 2.24) is 4.90 Å². The second kappa shape index (κ2) is 13.9. The number of phenols is 1. The van der Waals surface area contributed by atoms with Gasteiger partial charge in [-0.25, -0.2) is 0 Å². The number of carbonyl (C=O) groups is 2. The standard InChI is InChI=1S/C39H42BNO6/c42-34-19-11-10-14-28(34)22-27(26-12-4-1-5-13-26)20-21-35-36-29(25-46-31-17-8-3-9-18-31)23-32-37(33(36)24-40(45)47-35)39(44)41(38(32)43)30-15-6-2-7-16-30/h1,3-5,8-14,17-19,22,30,32-33,35,37,42,45H,2,6-7,15-16,20-21,23-25H2/b27-22-/t32-,33+,35-,37-/m1/s1. The summed E-state index contributed by atoms with van der Waals surface area (Å²) in [6, 6.07) is 26.9. The van der Waals surface area contributed by atoms with Gasteiger partial charge in [-0.3, -0.25) is 14.5 Å². The maximum atomic E-state index is 14.2. The first-order valence-corrected chi connectivity index (χ1v) is 17.1. The van der Waals surface area contributed by atoms with Crippen molar-refractivity contribution in [1.29, 1.82) is 0 Å². The van der Waals surface area contributed by atoms with Crippen molar-refractivity contribution in [2.45, 2.75) is 69.8 Å². The smallest absolute Gasteiger partial charge is 0.455 e. The molecule has 0 spiro atoms. The van der Waals surface area contributed by atoms with E-state index < -0.39 is 25.1 Å². The molecule has 3 fully saturated rings. The van der Waals surface area contributed by atoms with Crippen molar-refractivity contribution in [2.24, 2.45) is 17.8 Å². The molecule has 2 aliphatic carbocycles. The lowest BCUT2D eigenvalue weighted by Crippen LogP contribution is -2.47. The molecule has 2 N–H and O–H groups in total. The van der Waals surface area contributed by atoms with Crippen molar-refractivity contribution in [3.05, 3.63) is 107 Å². The minimum absolute atomic E-state index is 0.0321. The van der Waals surface area contributed by atoms with E-state index in [1.807, 2.05) is 66.7 Å². The summed E-state index contributed by atoms with van der Waals surface area (Å²) < 4.78 is 12.6. The van der Waals surface area contributed by atoms with Crippen LogP contribution in [0.1, 0.15) is 62.5 Å². The van der Waals surface area contributed by atoms with Crippen LogP contribution in [0.2, 0.25) is 6.32 Å². The minimum atomic E-state index is -1.04. The monoisotopic (exact) mass is 631 g/mol. The third-order valence-corrected chi connectivity index (χ3v) is 10.5. The van der Waals surface area contributed by atoms with E-state index in [0.29, 0.717) is 25.9 Å². The number of allylic oxidation sites excluding steroid dienone is 1. The van der Waals surface area contributed by atoms with Gasteiger partial charge in [0, 0.05) is 11.6 Å². The van der Waals surface area contributed by atoms with Crippen molar-refractivity contribution >= 4 is 30.6 Å². The van der Waals surface area contributed by atoms with E-state index >= 15 is 0 Å². The summed E-state index contributed by atoms with van der Waals surface area (Å²) in [5, 5.41) is 21.7. The van der Waals surface area contributed by atoms with Crippen LogP contribution in [-0.2, 0) is 14.2 Å². The number of benzene rings is 3. The van der Waals surface area contributed by atoms with Gasteiger partial charge in [0.2, 0.25) is 11.8 Å². The number of nitrogens with zero attached hydrogens (tertiary/aromatic N) is 1. The Morgan fingerprint density at radius 1 is 0.894 bits per heavy atom. The quantitative estimate of drug-likeness (QED) is 0.115. The Bertz CT molecular complexity index is 1650. The lowest BCUT2D eigenvalue weighted by atomic mass is 9.58. The number of aromatic hydroxyl groups is 1. The maximum absolute atomic E-state index is 14.2. The molecule has 1 saturated carbocycles. The summed E-state index contributed by atoms with van der Waals surface area (Å²) in [4.78, 5) is 29.8. The molecule has 0 bridgehead atoms. The number of para-hydroxylation sites is 2. The SMILES string of the molecule is O=C1[C@@H]2[C@@H](CC(COc3ccccc3)=C3[C@@H](CC/C(=C/c4ccccc4O)c4ccccc4)OB(O)C[C@@H]32)C(=O)N1C1CCCCC1. The molecule has 2 aliphatic heterocycles. The van der Waals surface area contributed by atoms with Crippen LogP contribution in [0.3, 0.4) is 0 Å². The van der Waals surface area contributed by atoms with Crippen molar-refractivity contribution in [3.63, 3.8) is 0 Å². The van der Waals surface area contributed by atoms with Crippen LogP contribution in [0, 0.1) is 17.8 Å². The fourth-order valence-electron chi connectivity index (χ4n) is 8.34. The highest BCUT2D eigenvalue weighted by molar-refractivity contribution is 6.43. The summed E-state index contributed by atoms with van der Waals surface area (Å²) in [5.41, 5.74) is 4.79. The number of imide groups is 1. The number of likely N-dealkylation sites (tertiary alicyclic amines) is 1. The van der Waals surface area contributed by atoms with Gasteiger partial charge < -0.3 is 19.5 Å². The number of hydrogen-bond donors (Lipinski definition) is 2. The number of hydrogen-bond acceptors (Lipinski definition) is 6. The Morgan fingerprint density at radius 3 is 2.34 bits per heavy atom. The zero-order chi connectivity index (χ0) is 32.3. The molecule has 7 nitrogen and oxygen atoms in total. The van der Waals surface area contributed by atoms with Gasteiger partial charge in [-0.1, -0.05) is 86.0 Å². The first-order valence-electron chi connectivity index (χ1n) is 17.1. The van der Waals surface area contributed by atoms with Gasteiger partial charge in [-0.05, 0) is 90.9 Å². The minimum Gasteiger partial charge on any atom is -0.507 e. The number of carbonyl (C=O) groups excluding carboxylic acids is 2. The molecule has 7 rings (SSSR count). The van der Waals surface area contributed by atoms with Crippen molar-refractivity contribution < 1.29 is 29.1 Å². The molecule has 8 heteroatoms. The second-order valence-corrected chi connectivity index (χ2v) is 13.4. The van der Waals surface area contributed by atoms with Gasteiger partial charge in [0.25, 0.3) is 0 Å². The zero-order valence-electron chi connectivity index (χ0n) is 26.7. The molecule has 2 saturated heterocycles. The van der Waals surface area contributed by atoms with E-state index in [2.05, 4.69) is 12.1 Å². The van der Waals surface area contributed by atoms with Crippen LogP contribution in [0.25, 0.3) is 11.6 Å². The predicted molar refractivity (Wildman–Crippen MR) is 182 cm³/mol. The first-order chi connectivity index (χ1) is 23.0. The van der Waals surface area contributed by atoms with Gasteiger partial charge in [0.1, 0.15) is 18.1 Å². The van der Waals surface area contributed by atoms with Crippen LogP contribution in [0.4, 0.5) is 0 Å². The van der Waals surface area contributed by atoms with E-state index in [0.717, 1.165) is 65.7 Å². The Kier molecular flexibility index (Phi) is 9.32. The summed E-state index contributed by atoms with van der Waals surface area (Å²) in [6.45, 7) is 0.291. The molecule has 242 valence electrons. The van der Waals surface area contributed by atoms with Gasteiger partial charge in [0.05, 0.1) is 17.9 Å². The number of phenolic OH excluding ortho intramolecular Hbond substituents is 1. The van der Waals surface area contributed by atoms with E-state index in [1.54, 1.807) is 17.0 Å². The highest BCUT2D eigenvalue weighted by atomic mass is 16.5. The molecular formula is C39H42BNO6. The van der Waals surface area contributed by atoms with E-state index in [4.69, 9.17) is 9.39 Å². The third-order valence-electron chi connectivity index (χ3n) is 10.5. The van der Waals surface area contributed by atoms with Crippen molar-refractivity contribution in [3.8, 4) is 11.5 Å². The molecular weight excluding hydrogens is 589 g/mol. The van der Waals surface area contributed by atoms with Crippen LogP contribution < -0.4 is 4.74 Å². The van der Waals surface area contributed by atoms with E-state index in [1.165, 1.54) is 0 Å². The van der Waals surface area contributed by atoms with Gasteiger partial charge in [-0.2, -0.15) is 0 Å². The molecule has 3 aromatic carbocycles. The number of ether oxygens (including phenoxy) is 1. The number of rotatable bonds is 9. The van der Waals surface area contributed by atoms with Gasteiger partial charge in [0.15, 0.2) is 0 Å². The molecule has 0 unspecified atom stereocenters. The van der Waals surface area contributed by atoms with Crippen LogP contribution >= 0.6 is 0 Å². The summed E-state index contributed by atoms with van der Waals surface area (Å²) >= 11 is 0. The van der Waals surface area contributed by atoms with Crippen molar-refractivity contribution in [2.75, 3.05) is 6.61 Å². The summed E-state index contributed by atoms with van der Waals surface area (Å²) in [5.74, 6) is -0.428. The Labute approximate surface area is 277 Å². The third kappa shape index (κ3) is 6.54. The lowest BCUT2D eigenvalue weighted by molar-refractivity contribution is -0.143. The highest BCUT2D eigenvalue weighted by Gasteiger charge is 2.58. The summed E-state index contributed by atoms with van der Waals surface area (Å²) in [7, 11) is -1.04. The molecule has 47 heavy (non-hydrogen) atoms. The average molecular weight is 632 g/mol. The molecule has 2 heterocycles. The predicted octanol–water partition coefficient (Wildman–Crippen LogP) is 6.92. The Hall–Kier alpha value is -4.14.